The molecule has 7 fully saturated rings. The van der Waals surface area contributed by atoms with Crippen LogP contribution in [0.25, 0.3) is 0 Å². The fourth-order valence-corrected chi connectivity index (χ4v) is 16.6. The third-order valence-electron chi connectivity index (χ3n) is 23.4. The summed E-state index contributed by atoms with van der Waals surface area (Å²) in [6.45, 7) is 4.70. The molecule has 4 heterocycles. The smallest absolute Gasteiger partial charge is 0.378 e. The second-order valence-electron chi connectivity index (χ2n) is 31.4. The van der Waals surface area contributed by atoms with E-state index in [0.717, 1.165) is 38.6 Å². The van der Waals surface area contributed by atoms with Gasteiger partial charge in [0, 0.05) is 68.5 Å². The Labute approximate surface area is 623 Å². The van der Waals surface area contributed by atoms with Gasteiger partial charge in [0.2, 0.25) is 70.9 Å². The lowest BCUT2D eigenvalue weighted by molar-refractivity contribution is -0.219. The van der Waals surface area contributed by atoms with Crippen LogP contribution < -0.4 is 16.0 Å². The molecule has 4 saturated heterocycles. The lowest BCUT2D eigenvalue weighted by atomic mass is 9.76. The highest BCUT2D eigenvalue weighted by Gasteiger charge is 2.56. The van der Waals surface area contributed by atoms with Crippen molar-refractivity contribution in [1.29, 1.82) is 0 Å². The Morgan fingerprint density at radius 1 is 0.565 bits per heavy atom. The van der Waals surface area contributed by atoms with Crippen LogP contribution in [-0.4, -0.2) is 294 Å². The molecule has 7 rings (SSSR count). The molecule has 12 amide bonds. The van der Waals surface area contributed by atoms with Crippen LogP contribution in [0.15, 0.2) is 0 Å². The normalized spacial score (nSPS) is 31.3. The summed E-state index contributed by atoms with van der Waals surface area (Å²) >= 11 is 0. The molecule has 4 aliphatic heterocycles. The van der Waals surface area contributed by atoms with Crippen LogP contribution in [0.4, 0.5) is 48.3 Å². The third kappa shape index (κ3) is 21.9. The topological polar surface area (TPSA) is 279 Å². The Morgan fingerprint density at radius 2 is 1.16 bits per heavy atom. The molecule has 0 aromatic rings. The second-order valence-corrected chi connectivity index (χ2v) is 31.4. The summed E-state index contributed by atoms with van der Waals surface area (Å²) in [5.41, 5.74) is -2.07. The molecule has 2 bridgehead atoms. The lowest BCUT2D eigenvalue weighted by Gasteiger charge is -2.41. The van der Waals surface area contributed by atoms with E-state index < -0.39 is 230 Å². The van der Waals surface area contributed by atoms with Crippen molar-refractivity contribution in [1.82, 2.24) is 60.0 Å². The summed E-state index contributed by atoms with van der Waals surface area (Å²) in [7, 11) is 6.86. The molecule has 0 radical (unpaired) electrons. The van der Waals surface area contributed by atoms with Gasteiger partial charge in [-0.25, -0.2) is 8.78 Å². The highest BCUT2D eigenvalue weighted by molar-refractivity contribution is 6.01. The number of halogens is 11. The van der Waals surface area contributed by atoms with Gasteiger partial charge in [0.25, 0.3) is 0 Å². The molecule has 3 aliphatic carbocycles. The molecule has 36 heteroatoms. The van der Waals surface area contributed by atoms with E-state index in [1.165, 1.54) is 38.0 Å². The maximum absolute atomic E-state index is 15.4. The van der Waals surface area contributed by atoms with E-state index >= 15 is 45.9 Å². The highest BCUT2D eigenvalue weighted by atomic mass is 19.4. The van der Waals surface area contributed by atoms with Crippen molar-refractivity contribution in [3.63, 3.8) is 0 Å². The number of likely N-dealkylation sites (N-methyl/N-ethyl adjacent to an activating group) is 6. The van der Waals surface area contributed by atoms with Gasteiger partial charge in [0.1, 0.15) is 72.1 Å². The van der Waals surface area contributed by atoms with Gasteiger partial charge in [-0.2, -0.15) is 39.5 Å². The van der Waals surface area contributed by atoms with E-state index in [0.29, 0.717) is 16.2 Å². The van der Waals surface area contributed by atoms with Crippen molar-refractivity contribution in [2.75, 3.05) is 94.8 Å². The summed E-state index contributed by atoms with van der Waals surface area (Å²) in [5.74, 6) is -19.1. The molecule has 2 unspecified atom stereocenters. The zero-order chi connectivity index (χ0) is 80.4. The molecule has 3 saturated carbocycles. The number of rotatable bonds is 11. The van der Waals surface area contributed by atoms with Gasteiger partial charge >= 0.3 is 18.5 Å². The van der Waals surface area contributed by atoms with Gasteiger partial charge in [0.05, 0.1) is 45.1 Å². The van der Waals surface area contributed by atoms with Crippen LogP contribution >= 0.6 is 0 Å². The number of nitrogens with one attached hydrogen (secondary N) is 3. The molecule has 612 valence electrons. The van der Waals surface area contributed by atoms with Gasteiger partial charge in [-0.1, -0.05) is 47.0 Å². The van der Waals surface area contributed by atoms with Gasteiger partial charge in [-0.05, 0) is 133 Å². The van der Waals surface area contributed by atoms with Crippen molar-refractivity contribution in [2.45, 2.75) is 254 Å². The first-order chi connectivity index (χ1) is 50.4. The highest BCUT2D eigenvalue weighted by Crippen LogP contribution is 2.45. The fourth-order valence-electron chi connectivity index (χ4n) is 16.6. The standard InChI is InChI=1S/C72H109F11N12O13/c1-11-42(4)59-67(106)88(6)40-57(98)89(7)50-17-12-15-27-95(66(50)105)53(36-43-19-22-45(23-20-43)71(78,79)80)63(102)87(5)39-55(96)84-48(24-21-44-34-46(73)58(47(74)35-44)72(81,82)83)62(101)94-28-16-18-49(94)61(100)86-69(25-13-14-26-69)68(107)92(10)54(38-70(75,76)77)64(103)91(9)52(65(104)93-29-31-108-32-30-93)37-56(97)90(8)51(33-41(2)3)60(99)85-59/h41-54,58-59H,11-40H2,1-10H3,(H,84,96)(H,85,99)(H,86,100)/t42-,43?,44?,45?,46?,47?,48-,49-,50-,51-,52-,53-,54-,58?,59-/m0/s1. The average molecular weight is 1560 g/mol. The maximum atomic E-state index is 15.4. The van der Waals surface area contributed by atoms with E-state index in [-0.39, 0.29) is 148 Å². The monoisotopic (exact) mass is 1560 g/mol. The minimum Gasteiger partial charge on any atom is -0.378 e. The molecule has 3 N–H and O–H groups in total. The Bertz CT molecular complexity index is 3190. The van der Waals surface area contributed by atoms with E-state index in [1.807, 2.05) is 0 Å². The molecule has 0 aromatic heterocycles. The predicted molar refractivity (Wildman–Crippen MR) is 368 cm³/mol. The Hall–Kier alpha value is -7.17. The molecule has 0 aromatic carbocycles. The minimum atomic E-state index is -5.25. The minimum absolute atomic E-state index is 0.00578. The van der Waals surface area contributed by atoms with Crippen LogP contribution in [0.2, 0.25) is 0 Å². The second kappa shape index (κ2) is 37.2. The molecule has 25 nitrogen and oxygen atoms in total. The molecule has 11 atom stereocenters. The Kier molecular flexibility index (Phi) is 30.4. The van der Waals surface area contributed by atoms with E-state index in [1.54, 1.807) is 27.7 Å². The maximum Gasteiger partial charge on any atom is 0.397 e. The molecular weight excluding hydrogens is 1450 g/mol. The number of amides is 12. The van der Waals surface area contributed by atoms with E-state index in [9.17, 15) is 59.9 Å². The number of alkyl halides is 11. The predicted octanol–water partition coefficient (Wildman–Crippen LogP) is 6.09. The Morgan fingerprint density at radius 3 is 1.73 bits per heavy atom. The zero-order valence-electron chi connectivity index (χ0n) is 63.4. The van der Waals surface area contributed by atoms with Crippen LogP contribution in [-0.2, 0) is 62.3 Å². The van der Waals surface area contributed by atoms with Gasteiger partial charge in [0.15, 0.2) is 0 Å². The number of carbonyl (C=O) groups is 12. The molecular formula is C72H109F11N12O13. The van der Waals surface area contributed by atoms with Crippen LogP contribution in [0.5, 0.6) is 0 Å². The lowest BCUT2D eigenvalue weighted by Crippen LogP contribution is -2.64. The SMILES string of the molecule is CC[C@H](C)[C@@H]1NC(=O)[C@H](CC(C)C)N(C)C(=O)C[C@@H](C(=O)N2CCOCC2)N(C)C(=O)[C@H](CC(F)(F)F)N(C)C(=O)C2(CCCC2)NC(=O)[C@@H]2CCCN2C(=O)[C@H](CCC2CC(F)C(C(F)(F)F)C(F)C2)NC(=O)CN(C)C(=O)[C@H](CC2CCC(C(F)(F)F)CC2)N2CCCC[C@@H](C2=O)N(C)C(=O)CN(C)C1=O. The summed E-state index contributed by atoms with van der Waals surface area (Å²) < 4.78 is 165. The van der Waals surface area contributed by atoms with Crippen molar-refractivity contribution in [2.24, 2.45) is 35.5 Å². The van der Waals surface area contributed by atoms with Crippen LogP contribution in [0, 0.1) is 35.5 Å². The Balaban J connectivity index is 1.31. The summed E-state index contributed by atoms with van der Waals surface area (Å²) in [5, 5.41) is 7.99. The van der Waals surface area contributed by atoms with Gasteiger partial charge < -0.3 is 64.8 Å². The number of hydrogen-bond donors (Lipinski definition) is 3. The molecule has 7 aliphatic rings. The molecule has 1 spiro atoms. The summed E-state index contributed by atoms with van der Waals surface area (Å²) in [4.78, 5) is 188. The first kappa shape index (κ1) is 88.0. The number of nitrogens with zero attached hydrogens (tertiary/aromatic N) is 9. The number of fused-ring (bicyclic) bond motifs is 3. The van der Waals surface area contributed by atoms with E-state index in [4.69, 9.17) is 4.74 Å². The number of ether oxygens (including phenoxy) is 1. The van der Waals surface area contributed by atoms with Crippen molar-refractivity contribution < 1.29 is 111 Å². The molecule has 108 heavy (non-hydrogen) atoms. The third-order valence-corrected chi connectivity index (χ3v) is 23.4. The zero-order valence-corrected chi connectivity index (χ0v) is 63.4. The summed E-state index contributed by atoms with van der Waals surface area (Å²) in [6, 6.07) is -13.3. The van der Waals surface area contributed by atoms with Crippen molar-refractivity contribution in [3.8, 4) is 0 Å². The number of morpholine rings is 1. The largest absolute Gasteiger partial charge is 0.397 e. The van der Waals surface area contributed by atoms with Crippen LogP contribution in [0.3, 0.4) is 0 Å². The van der Waals surface area contributed by atoms with Crippen molar-refractivity contribution in [3.05, 3.63) is 0 Å². The average Bonchev–Trinajstić information content (AvgIpc) is 1.73. The van der Waals surface area contributed by atoms with Crippen molar-refractivity contribution >= 4 is 70.9 Å². The van der Waals surface area contributed by atoms with Gasteiger partial charge in [-0.3, -0.25) is 57.5 Å². The number of hydrogen-bond acceptors (Lipinski definition) is 13. The quantitative estimate of drug-likeness (QED) is 0.198. The number of carbonyl (C=O) groups excluding carboxylic acids is 12. The first-order valence-corrected chi connectivity index (χ1v) is 37.8. The van der Waals surface area contributed by atoms with Gasteiger partial charge in [-0.15, -0.1) is 0 Å². The summed E-state index contributed by atoms with van der Waals surface area (Å²) in [6.07, 6.45) is -26.1. The first-order valence-electron chi connectivity index (χ1n) is 37.8. The van der Waals surface area contributed by atoms with E-state index in [2.05, 4.69) is 16.0 Å². The van der Waals surface area contributed by atoms with Crippen LogP contribution in [0.1, 0.15) is 169 Å². The fraction of sp³-hybridized carbons (Fsp3) is 0.833.